The SMILES string of the molecule is CC1(CNC(=O)Oc2ccccc2)CCCC1. The lowest BCUT2D eigenvalue weighted by atomic mass is 9.89. The van der Waals surface area contributed by atoms with Crippen LogP contribution in [0.2, 0.25) is 0 Å². The molecule has 1 N–H and O–H groups in total. The molecule has 0 heterocycles. The fraction of sp³-hybridized carbons (Fsp3) is 0.500. The summed E-state index contributed by atoms with van der Waals surface area (Å²) < 4.78 is 5.17. The molecule has 3 heteroatoms. The second-order valence-corrected chi connectivity index (χ2v) is 5.07. The van der Waals surface area contributed by atoms with Crippen LogP contribution in [0.1, 0.15) is 32.6 Å². The molecule has 1 amide bonds. The summed E-state index contributed by atoms with van der Waals surface area (Å²) in [6, 6.07) is 9.14. The van der Waals surface area contributed by atoms with Crippen molar-refractivity contribution in [1.29, 1.82) is 0 Å². The molecule has 1 aliphatic carbocycles. The Kier molecular flexibility index (Phi) is 3.67. The summed E-state index contributed by atoms with van der Waals surface area (Å²) in [7, 11) is 0. The first-order chi connectivity index (χ1) is 8.18. The van der Waals surface area contributed by atoms with E-state index >= 15 is 0 Å². The van der Waals surface area contributed by atoms with E-state index in [-0.39, 0.29) is 11.5 Å². The molecule has 0 bridgehead atoms. The van der Waals surface area contributed by atoms with Gasteiger partial charge in [0.05, 0.1) is 0 Å². The van der Waals surface area contributed by atoms with Crippen molar-refractivity contribution in [2.45, 2.75) is 32.6 Å². The Morgan fingerprint density at radius 3 is 2.59 bits per heavy atom. The second-order valence-electron chi connectivity index (χ2n) is 5.07. The molecule has 1 aromatic rings. The number of para-hydroxylation sites is 1. The number of benzene rings is 1. The van der Waals surface area contributed by atoms with Crippen LogP contribution in [0.5, 0.6) is 5.75 Å². The molecule has 0 aliphatic heterocycles. The minimum absolute atomic E-state index is 0.260. The first kappa shape index (κ1) is 12.0. The first-order valence-electron chi connectivity index (χ1n) is 6.19. The van der Waals surface area contributed by atoms with Gasteiger partial charge in [-0.15, -0.1) is 0 Å². The summed E-state index contributed by atoms with van der Waals surface area (Å²) in [6.07, 6.45) is 4.57. The summed E-state index contributed by atoms with van der Waals surface area (Å²) in [5.74, 6) is 0.585. The number of amides is 1. The smallest absolute Gasteiger partial charge is 0.410 e. The highest BCUT2D eigenvalue weighted by Gasteiger charge is 2.29. The molecular weight excluding hydrogens is 214 g/mol. The summed E-state index contributed by atoms with van der Waals surface area (Å²) >= 11 is 0. The van der Waals surface area contributed by atoms with Gasteiger partial charge in [-0.05, 0) is 30.4 Å². The lowest BCUT2D eigenvalue weighted by Gasteiger charge is -2.23. The molecule has 17 heavy (non-hydrogen) atoms. The van der Waals surface area contributed by atoms with Crippen LogP contribution >= 0.6 is 0 Å². The molecule has 1 fully saturated rings. The predicted molar refractivity (Wildman–Crippen MR) is 67.0 cm³/mol. The van der Waals surface area contributed by atoms with Gasteiger partial charge in [-0.1, -0.05) is 38.0 Å². The van der Waals surface area contributed by atoms with E-state index in [9.17, 15) is 4.79 Å². The quantitative estimate of drug-likeness (QED) is 0.869. The van der Waals surface area contributed by atoms with E-state index < -0.39 is 0 Å². The van der Waals surface area contributed by atoms with Crippen molar-refractivity contribution >= 4 is 6.09 Å². The van der Waals surface area contributed by atoms with Crippen molar-refractivity contribution < 1.29 is 9.53 Å². The Hall–Kier alpha value is -1.51. The third kappa shape index (κ3) is 3.48. The number of carbonyl (C=O) groups excluding carboxylic acids is 1. The molecule has 0 saturated heterocycles. The second kappa shape index (κ2) is 5.21. The average molecular weight is 233 g/mol. The molecule has 1 saturated carbocycles. The minimum Gasteiger partial charge on any atom is -0.410 e. The van der Waals surface area contributed by atoms with E-state index in [2.05, 4.69) is 12.2 Å². The molecule has 0 radical (unpaired) electrons. The van der Waals surface area contributed by atoms with E-state index in [1.807, 2.05) is 18.2 Å². The summed E-state index contributed by atoms with van der Waals surface area (Å²) in [5.41, 5.74) is 0.260. The van der Waals surface area contributed by atoms with E-state index in [1.165, 1.54) is 25.7 Å². The molecule has 1 aliphatic rings. The standard InChI is InChI=1S/C14H19NO2/c1-14(9-5-6-10-14)11-15-13(16)17-12-7-3-2-4-8-12/h2-4,7-8H,5-6,9-11H2,1H3,(H,15,16). The summed E-state index contributed by atoms with van der Waals surface area (Å²) in [4.78, 5) is 11.6. The van der Waals surface area contributed by atoms with Gasteiger partial charge in [-0.25, -0.2) is 4.79 Å². The largest absolute Gasteiger partial charge is 0.412 e. The monoisotopic (exact) mass is 233 g/mol. The third-order valence-corrected chi connectivity index (χ3v) is 3.42. The van der Waals surface area contributed by atoms with Gasteiger partial charge in [0.1, 0.15) is 5.75 Å². The number of hydrogen-bond acceptors (Lipinski definition) is 2. The van der Waals surface area contributed by atoms with Crippen molar-refractivity contribution in [2.75, 3.05) is 6.54 Å². The Morgan fingerprint density at radius 1 is 1.29 bits per heavy atom. The minimum atomic E-state index is -0.357. The van der Waals surface area contributed by atoms with Crippen LogP contribution in [0, 0.1) is 5.41 Å². The van der Waals surface area contributed by atoms with Gasteiger partial charge in [-0.3, -0.25) is 0 Å². The Labute approximate surface area is 102 Å². The number of nitrogens with one attached hydrogen (secondary N) is 1. The zero-order valence-corrected chi connectivity index (χ0v) is 10.2. The van der Waals surface area contributed by atoms with Gasteiger partial charge in [-0.2, -0.15) is 0 Å². The van der Waals surface area contributed by atoms with Gasteiger partial charge >= 0.3 is 6.09 Å². The van der Waals surface area contributed by atoms with Gasteiger partial charge in [0, 0.05) is 6.54 Å². The Bertz CT molecular complexity index is 369. The van der Waals surface area contributed by atoms with Crippen LogP contribution in [-0.4, -0.2) is 12.6 Å². The van der Waals surface area contributed by atoms with E-state index in [0.717, 1.165) is 0 Å². The zero-order chi connectivity index (χ0) is 12.1. The maximum absolute atomic E-state index is 11.6. The number of rotatable bonds is 3. The maximum atomic E-state index is 11.6. The fourth-order valence-corrected chi connectivity index (χ4v) is 2.32. The first-order valence-corrected chi connectivity index (χ1v) is 6.19. The number of carbonyl (C=O) groups is 1. The highest BCUT2D eigenvalue weighted by molar-refractivity contribution is 5.70. The molecule has 0 spiro atoms. The molecule has 0 aromatic heterocycles. The summed E-state index contributed by atoms with van der Waals surface area (Å²) in [6.45, 7) is 2.93. The van der Waals surface area contributed by atoms with Crippen molar-refractivity contribution in [2.24, 2.45) is 5.41 Å². The Morgan fingerprint density at radius 2 is 1.94 bits per heavy atom. The highest BCUT2D eigenvalue weighted by atomic mass is 16.6. The van der Waals surface area contributed by atoms with Gasteiger partial charge < -0.3 is 10.1 Å². The topological polar surface area (TPSA) is 38.3 Å². The number of ether oxygens (including phenoxy) is 1. The van der Waals surface area contributed by atoms with Crippen LogP contribution in [-0.2, 0) is 0 Å². The van der Waals surface area contributed by atoms with Gasteiger partial charge in [0.15, 0.2) is 0 Å². The average Bonchev–Trinajstić information content (AvgIpc) is 2.76. The Balaban J connectivity index is 1.78. The lowest BCUT2D eigenvalue weighted by Crippen LogP contribution is -2.35. The maximum Gasteiger partial charge on any atom is 0.412 e. The van der Waals surface area contributed by atoms with E-state index in [1.54, 1.807) is 12.1 Å². The van der Waals surface area contributed by atoms with Gasteiger partial charge in [0.25, 0.3) is 0 Å². The predicted octanol–water partition coefficient (Wildman–Crippen LogP) is 3.36. The van der Waals surface area contributed by atoms with Gasteiger partial charge in [0.2, 0.25) is 0 Å². The molecule has 2 rings (SSSR count). The van der Waals surface area contributed by atoms with E-state index in [0.29, 0.717) is 12.3 Å². The van der Waals surface area contributed by atoms with Crippen molar-refractivity contribution in [3.8, 4) is 5.75 Å². The fourth-order valence-electron chi connectivity index (χ4n) is 2.32. The molecule has 3 nitrogen and oxygen atoms in total. The van der Waals surface area contributed by atoms with Crippen LogP contribution in [0.4, 0.5) is 4.79 Å². The molecule has 1 aromatic carbocycles. The van der Waals surface area contributed by atoms with Crippen LogP contribution < -0.4 is 10.1 Å². The van der Waals surface area contributed by atoms with Crippen LogP contribution in [0.15, 0.2) is 30.3 Å². The van der Waals surface area contributed by atoms with E-state index in [4.69, 9.17) is 4.74 Å². The van der Waals surface area contributed by atoms with Crippen LogP contribution in [0.25, 0.3) is 0 Å². The lowest BCUT2D eigenvalue weighted by molar-refractivity contribution is 0.192. The van der Waals surface area contributed by atoms with Crippen molar-refractivity contribution in [3.05, 3.63) is 30.3 Å². The normalized spacial score (nSPS) is 17.7. The molecule has 0 atom stereocenters. The van der Waals surface area contributed by atoms with Crippen molar-refractivity contribution in [1.82, 2.24) is 5.32 Å². The van der Waals surface area contributed by atoms with Crippen LogP contribution in [0.3, 0.4) is 0 Å². The molecule has 92 valence electrons. The highest BCUT2D eigenvalue weighted by Crippen LogP contribution is 2.36. The summed E-state index contributed by atoms with van der Waals surface area (Å²) in [5, 5.41) is 2.85. The third-order valence-electron chi connectivity index (χ3n) is 3.42. The number of hydrogen-bond donors (Lipinski definition) is 1. The van der Waals surface area contributed by atoms with Crippen molar-refractivity contribution in [3.63, 3.8) is 0 Å². The molecular formula is C14H19NO2. The zero-order valence-electron chi connectivity index (χ0n) is 10.2. The molecule has 0 unspecified atom stereocenters.